The molecule has 3 heteroatoms. The number of carbonyl (C=O) groups is 1. The van der Waals surface area contributed by atoms with Crippen molar-refractivity contribution >= 4 is 5.91 Å². The van der Waals surface area contributed by atoms with Crippen LogP contribution < -0.4 is 10.6 Å². The van der Waals surface area contributed by atoms with Gasteiger partial charge in [-0.1, -0.05) is 33.1 Å². The maximum Gasteiger partial charge on any atom is 0.233 e. The highest BCUT2D eigenvalue weighted by Gasteiger charge is 2.07. The van der Waals surface area contributed by atoms with Crippen molar-refractivity contribution in [2.45, 2.75) is 52.0 Å². The van der Waals surface area contributed by atoms with Crippen molar-refractivity contribution in [3.8, 4) is 0 Å². The predicted molar refractivity (Wildman–Crippen MR) is 60.3 cm³/mol. The van der Waals surface area contributed by atoms with E-state index in [0.717, 1.165) is 6.42 Å². The smallest absolute Gasteiger partial charge is 0.233 e. The van der Waals surface area contributed by atoms with Crippen LogP contribution in [-0.4, -0.2) is 25.5 Å². The topological polar surface area (TPSA) is 41.1 Å². The van der Waals surface area contributed by atoms with Gasteiger partial charge in [0.1, 0.15) is 0 Å². The van der Waals surface area contributed by atoms with Crippen LogP contribution in [0, 0.1) is 0 Å². The highest BCUT2D eigenvalue weighted by atomic mass is 16.1. The van der Waals surface area contributed by atoms with Gasteiger partial charge in [0, 0.05) is 13.1 Å². The maximum atomic E-state index is 11.0. The lowest BCUT2D eigenvalue weighted by molar-refractivity contribution is -0.119. The average Bonchev–Trinajstić information content (AvgIpc) is 2.21. The molecule has 0 saturated carbocycles. The number of likely N-dealkylation sites (N-methyl/N-ethyl adjacent to an activating group) is 1. The van der Waals surface area contributed by atoms with E-state index in [4.69, 9.17) is 0 Å². The Morgan fingerprint density at radius 3 is 2.43 bits per heavy atom. The average molecular weight is 200 g/mol. The van der Waals surface area contributed by atoms with Crippen molar-refractivity contribution in [2.24, 2.45) is 0 Å². The van der Waals surface area contributed by atoms with Gasteiger partial charge in [0.25, 0.3) is 0 Å². The second kappa shape index (κ2) is 9.00. The molecule has 0 spiro atoms. The van der Waals surface area contributed by atoms with Gasteiger partial charge >= 0.3 is 0 Å². The largest absolute Gasteiger partial charge is 0.358 e. The zero-order chi connectivity index (χ0) is 10.8. The molecule has 0 aliphatic heterocycles. The monoisotopic (exact) mass is 200 g/mol. The van der Waals surface area contributed by atoms with Crippen molar-refractivity contribution in [1.29, 1.82) is 0 Å². The van der Waals surface area contributed by atoms with E-state index in [2.05, 4.69) is 24.5 Å². The molecule has 2 N–H and O–H groups in total. The van der Waals surface area contributed by atoms with E-state index in [-0.39, 0.29) is 5.91 Å². The SMILES string of the molecule is CCCCC(CCC)NCC(=O)NC. The van der Waals surface area contributed by atoms with E-state index in [1.165, 1.54) is 25.7 Å². The molecular formula is C11H24N2O. The van der Waals surface area contributed by atoms with Crippen LogP contribution in [0.15, 0.2) is 0 Å². The summed E-state index contributed by atoms with van der Waals surface area (Å²) in [5.74, 6) is 0.0719. The molecular weight excluding hydrogens is 176 g/mol. The molecule has 14 heavy (non-hydrogen) atoms. The van der Waals surface area contributed by atoms with E-state index >= 15 is 0 Å². The fourth-order valence-corrected chi connectivity index (χ4v) is 1.47. The Hall–Kier alpha value is -0.570. The van der Waals surface area contributed by atoms with Crippen molar-refractivity contribution in [3.63, 3.8) is 0 Å². The Kier molecular flexibility index (Phi) is 8.64. The zero-order valence-corrected chi connectivity index (χ0v) is 9.73. The molecule has 0 aromatic carbocycles. The standard InChI is InChI=1S/C11H24N2O/c1-4-6-8-10(7-5-2)13-9-11(14)12-3/h10,13H,4-9H2,1-3H3,(H,12,14). The van der Waals surface area contributed by atoms with Gasteiger partial charge in [-0.25, -0.2) is 0 Å². The van der Waals surface area contributed by atoms with Gasteiger partial charge in [0.15, 0.2) is 0 Å². The number of amides is 1. The van der Waals surface area contributed by atoms with Gasteiger partial charge in [0.2, 0.25) is 5.91 Å². The highest BCUT2D eigenvalue weighted by Crippen LogP contribution is 2.06. The molecule has 1 unspecified atom stereocenters. The summed E-state index contributed by atoms with van der Waals surface area (Å²) in [5.41, 5.74) is 0. The minimum Gasteiger partial charge on any atom is -0.358 e. The third-order valence-electron chi connectivity index (χ3n) is 2.37. The number of carbonyl (C=O) groups excluding carboxylic acids is 1. The summed E-state index contributed by atoms with van der Waals surface area (Å²) >= 11 is 0. The van der Waals surface area contributed by atoms with Gasteiger partial charge in [-0.05, 0) is 12.8 Å². The van der Waals surface area contributed by atoms with Crippen LogP contribution in [0.25, 0.3) is 0 Å². The molecule has 0 aliphatic rings. The Balaban J connectivity index is 3.66. The van der Waals surface area contributed by atoms with Crippen LogP contribution in [0.4, 0.5) is 0 Å². The van der Waals surface area contributed by atoms with Gasteiger partial charge < -0.3 is 10.6 Å². The molecule has 0 fully saturated rings. The predicted octanol–water partition coefficient (Wildman–Crippen LogP) is 1.68. The first-order valence-electron chi connectivity index (χ1n) is 5.68. The molecule has 0 heterocycles. The van der Waals surface area contributed by atoms with E-state index in [9.17, 15) is 4.79 Å². The van der Waals surface area contributed by atoms with Gasteiger partial charge in [0.05, 0.1) is 6.54 Å². The van der Waals surface area contributed by atoms with Crippen LogP contribution in [0.1, 0.15) is 46.0 Å². The third-order valence-corrected chi connectivity index (χ3v) is 2.37. The van der Waals surface area contributed by atoms with Gasteiger partial charge in [-0.3, -0.25) is 4.79 Å². The number of nitrogens with one attached hydrogen (secondary N) is 2. The normalized spacial score (nSPS) is 12.5. The summed E-state index contributed by atoms with van der Waals surface area (Å²) in [7, 11) is 1.67. The summed E-state index contributed by atoms with van der Waals surface area (Å²) in [6.07, 6.45) is 5.99. The van der Waals surface area contributed by atoms with E-state index < -0.39 is 0 Å². The molecule has 0 rings (SSSR count). The van der Waals surface area contributed by atoms with E-state index in [1.807, 2.05) is 0 Å². The highest BCUT2D eigenvalue weighted by molar-refractivity contribution is 5.77. The minimum atomic E-state index is 0.0719. The van der Waals surface area contributed by atoms with Crippen molar-refractivity contribution < 1.29 is 4.79 Å². The number of unbranched alkanes of at least 4 members (excludes halogenated alkanes) is 1. The van der Waals surface area contributed by atoms with Crippen molar-refractivity contribution in [3.05, 3.63) is 0 Å². The second-order valence-electron chi connectivity index (χ2n) is 3.68. The van der Waals surface area contributed by atoms with Crippen LogP contribution in [0.5, 0.6) is 0 Å². The Labute approximate surface area is 87.6 Å². The first kappa shape index (κ1) is 13.4. The Morgan fingerprint density at radius 1 is 1.21 bits per heavy atom. The molecule has 0 radical (unpaired) electrons. The summed E-state index contributed by atoms with van der Waals surface area (Å²) in [6, 6.07) is 0.511. The molecule has 0 aliphatic carbocycles. The van der Waals surface area contributed by atoms with E-state index in [0.29, 0.717) is 12.6 Å². The first-order valence-corrected chi connectivity index (χ1v) is 5.68. The van der Waals surface area contributed by atoms with Gasteiger partial charge in [-0.2, -0.15) is 0 Å². The molecule has 0 saturated heterocycles. The van der Waals surface area contributed by atoms with E-state index in [1.54, 1.807) is 7.05 Å². The Bertz CT molecular complexity index is 148. The molecule has 0 aromatic heterocycles. The summed E-state index contributed by atoms with van der Waals surface area (Å²) in [5, 5.41) is 5.91. The van der Waals surface area contributed by atoms with Crippen LogP contribution in [0.2, 0.25) is 0 Å². The second-order valence-corrected chi connectivity index (χ2v) is 3.68. The molecule has 84 valence electrons. The quantitative estimate of drug-likeness (QED) is 0.626. The van der Waals surface area contributed by atoms with Crippen LogP contribution in [0.3, 0.4) is 0 Å². The van der Waals surface area contributed by atoms with Gasteiger partial charge in [-0.15, -0.1) is 0 Å². The van der Waals surface area contributed by atoms with Crippen molar-refractivity contribution in [2.75, 3.05) is 13.6 Å². The zero-order valence-electron chi connectivity index (χ0n) is 9.73. The molecule has 0 bridgehead atoms. The summed E-state index contributed by atoms with van der Waals surface area (Å²) in [6.45, 7) is 4.83. The lowest BCUT2D eigenvalue weighted by Gasteiger charge is -2.17. The number of hydrogen-bond donors (Lipinski definition) is 2. The van der Waals surface area contributed by atoms with Crippen LogP contribution in [-0.2, 0) is 4.79 Å². The number of rotatable bonds is 8. The minimum absolute atomic E-state index is 0.0719. The summed E-state index contributed by atoms with van der Waals surface area (Å²) < 4.78 is 0. The number of hydrogen-bond acceptors (Lipinski definition) is 2. The molecule has 3 nitrogen and oxygen atoms in total. The van der Waals surface area contributed by atoms with Crippen LogP contribution >= 0.6 is 0 Å². The lowest BCUT2D eigenvalue weighted by Crippen LogP contribution is -2.37. The first-order chi connectivity index (χ1) is 6.74. The maximum absolute atomic E-state index is 11.0. The summed E-state index contributed by atoms with van der Waals surface area (Å²) in [4.78, 5) is 11.0. The fraction of sp³-hybridized carbons (Fsp3) is 0.909. The third kappa shape index (κ3) is 6.89. The molecule has 1 amide bonds. The molecule has 1 atom stereocenters. The Morgan fingerprint density at radius 2 is 1.93 bits per heavy atom. The molecule has 0 aromatic rings. The van der Waals surface area contributed by atoms with Crippen molar-refractivity contribution in [1.82, 2.24) is 10.6 Å². The lowest BCUT2D eigenvalue weighted by atomic mass is 10.1. The fourth-order valence-electron chi connectivity index (χ4n) is 1.47.